The number of thiophene rings is 1. The van der Waals surface area contributed by atoms with Gasteiger partial charge in [0.2, 0.25) is 0 Å². The number of halogens is 1. The van der Waals surface area contributed by atoms with Crippen molar-refractivity contribution in [2.75, 3.05) is 13.6 Å². The third kappa shape index (κ3) is 3.72. The third-order valence-corrected chi connectivity index (χ3v) is 3.87. The molecule has 1 aromatic carbocycles. The Balaban J connectivity index is 1.96. The summed E-state index contributed by atoms with van der Waals surface area (Å²) in [6, 6.07) is 10.4. The van der Waals surface area contributed by atoms with Crippen LogP contribution in [0.15, 0.2) is 36.4 Å². The van der Waals surface area contributed by atoms with E-state index in [2.05, 4.69) is 0 Å². The van der Waals surface area contributed by atoms with Crippen LogP contribution < -0.4 is 0 Å². The summed E-state index contributed by atoms with van der Waals surface area (Å²) in [5, 5.41) is 0. The largest absolute Gasteiger partial charge is 0.294 e. The summed E-state index contributed by atoms with van der Waals surface area (Å²) in [5.41, 5.74) is 0.611. The number of carbonyl (C=O) groups is 1. The fourth-order valence-electron chi connectivity index (χ4n) is 1.88. The summed E-state index contributed by atoms with van der Waals surface area (Å²) >= 11 is 1.50. The van der Waals surface area contributed by atoms with E-state index < -0.39 is 0 Å². The van der Waals surface area contributed by atoms with Gasteiger partial charge in [-0.15, -0.1) is 11.3 Å². The van der Waals surface area contributed by atoms with Crippen LogP contribution in [0.5, 0.6) is 0 Å². The summed E-state index contributed by atoms with van der Waals surface area (Å²) < 4.78 is 13.5. The van der Waals surface area contributed by atoms with Crippen LogP contribution in [0, 0.1) is 12.7 Å². The number of Topliss-reactive ketones (excluding diaryl/α,β-unsaturated/α-hetero) is 1. The van der Waals surface area contributed by atoms with Crippen LogP contribution in [-0.4, -0.2) is 24.3 Å². The maximum Gasteiger partial charge on any atom is 0.186 e. The van der Waals surface area contributed by atoms with Crippen LogP contribution in [0.4, 0.5) is 4.39 Å². The van der Waals surface area contributed by atoms with Crippen molar-refractivity contribution in [3.8, 4) is 0 Å². The molecule has 100 valence electrons. The fourth-order valence-corrected chi connectivity index (χ4v) is 2.68. The number of rotatable bonds is 5. The van der Waals surface area contributed by atoms with Gasteiger partial charge in [0.25, 0.3) is 0 Å². The van der Waals surface area contributed by atoms with Gasteiger partial charge in [-0.25, -0.2) is 4.39 Å². The third-order valence-electron chi connectivity index (χ3n) is 2.83. The van der Waals surface area contributed by atoms with Crippen LogP contribution in [0.1, 0.15) is 20.1 Å². The first-order chi connectivity index (χ1) is 9.06. The standard InChI is InChI=1S/C15H16FNOS/c1-11-7-8-15(19-11)14(18)10-17(2)9-12-5-3-4-6-13(12)16/h3-8H,9-10H2,1-2H3. The molecule has 0 N–H and O–H groups in total. The van der Waals surface area contributed by atoms with Crippen LogP contribution in [0.3, 0.4) is 0 Å². The van der Waals surface area contributed by atoms with Gasteiger partial charge < -0.3 is 0 Å². The topological polar surface area (TPSA) is 20.3 Å². The Hall–Kier alpha value is -1.52. The number of hydrogen-bond acceptors (Lipinski definition) is 3. The average molecular weight is 277 g/mol. The molecule has 19 heavy (non-hydrogen) atoms. The van der Waals surface area contributed by atoms with Gasteiger partial charge >= 0.3 is 0 Å². The Morgan fingerprint density at radius 1 is 1.26 bits per heavy atom. The van der Waals surface area contributed by atoms with E-state index >= 15 is 0 Å². The Morgan fingerprint density at radius 2 is 2.00 bits per heavy atom. The normalized spacial score (nSPS) is 10.9. The second-order valence-corrected chi connectivity index (χ2v) is 5.89. The summed E-state index contributed by atoms with van der Waals surface area (Å²) in [6.45, 7) is 2.71. The number of hydrogen-bond donors (Lipinski definition) is 0. The molecule has 0 radical (unpaired) electrons. The molecule has 2 nitrogen and oxygen atoms in total. The van der Waals surface area contributed by atoms with Gasteiger partial charge in [-0.3, -0.25) is 9.69 Å². The van der Waals surface area contributed by atoms with Gasteiger partial charge in [0.1, 0.15) is 5.82 Å². The molecule has 4 heteroatoms. The molecule has 0 aliphatic heterocycles. The zero-order valence-electron chi connectivity index (χ0n) is 11.0. The number of carbonyl (C=O) groups excluding carboxylic acids is 1. The molecule has 0 aliphatic rings. The van der Waals surface area contributed by atoms with E-state index in [1.54, 1.807) is 18.2 Å². The molecule has 2 aromatic rings. The SMILES string of the molecule is Cc1ccc(C(=O)CN(C)Cc2ccccc2F)s1. The molecule has 1 aromatic heterocycles. The van der Waals surface area contributed by atoms with Gasteiger partial charge in [0, 0.05) is 17.0 Å². The first-order valence-electron chi connectivity index (χ1n) is 6.08. The lowest BCUT2D eigenvalue weighted by molar-refractivity contribution is 0.0946. The van der Waals surface area contributed by atoms with E-state index in [4.69, 9.17) is 0 Å². The predicted octanol–water partition coefficient (Wildman–Crippen LogP) is 3.51. The van der Waals surface area contributed by atoms with Crippen molar-refractivity contribution in [1.82, 2.24) is 4.90 Å². The van der Waals surface area contributed by atoms with Gasteiger partial charge in [-0.05, 0) is 32.2 Å². The minimum atomic E-state index is -0.228. The van der Waals surface area contributed by atoms with Crippen molar-refractivity contribution in [3.05, 3.63) is 57.5 Å². The predicted molar refractivity (Wildman–Crippen MR) is 76.1 cm³/mol. The second-order valence-electron chi connectivity index (χ2n) is 4.60. The molecule has 0 aliphatic carbocycles. The molecule has 0 atom stereocenters. The monoisotopic (exact) mass is 277 g/mol. The molecule has 2 rings (SSSR count). The summed E-state index contributed by atoms with van der Waals surface area (Å²) in [6.07, 6.45) is 0. The van der Waals surface area contributed by atoms with Crippen LogP contribution >= 0.6 is 11.3 Å². The lowest BCUT2D eigenvalue weighted by Crippen LogP contribution is -2.25. The van der Waals surface area contributed by atoms with E-state index in [0.717, 1.165) is 9.75 Å². The quantitative estimate of drug-likeness (QED) is 0.779. The fraction of sp³-hybridized carbons (Fsp3) is 0.267. The highest BCUT2D eigenvalue weighted by molar-refractivity contribution is 7.14. The maximum absolute atomic E-state index is 13.5. The average Bonchev–Trinajstić information content (AvgIpc) is 2.79. The van der Waals surface area contributed by atoms with Gasteiger partial charge in [-0.2, -0.15) is 0 Å². The van der Waals surface area contributed by atoms with Gasteiger partial charge in [0.15, 0.2) is 5.78 Å². The maximum atomic E-state index is 13.5. The molecule has 1 heterocycles. The van der Waals surface area contributed by atoms with Crippen molar-refractivity contribution in [1.29, 1.82) is 0 Å². The highest BCUT2D eigenvalue weighted by atomic mass is 32.1. The first-order valence-corrected chi connectivity index (χ1v) is 6.89. The van der Waals surface area contributed by atoms with Crippen LogP contribution in [0.2, 0.25) is 0 Å². The van der Waals surface area contributed by atoms with Gasteiger partial charge in [0.05, 0.1) is 11.4 Å². The highest BCUT2D eigenvalue weighted by Gasteiger charge is 2.12. The molecule has 0 saturated carbocycles. The summed E-state index contributed by atoms with van der Waals surface area (Å²) in [7, 11) is 1.82. The molecule has 0 spiro atoms. The molecule has 0 unspecified atom stereocenters. The Labute approximate surface area is 116 Å². The van der Waals surface area contributed by atoms with Crippen molar-refractivity contribution >= 4 is 17.1 Å². The van der Waals surface area contributed by atoms with E-state index in [1.807, 2.05) is 31.0 Å². The number of aryl methyl sites for hydroxylation is 1. The van der Waals surface area contributed by atoms with Crippen molar-refractivity contribution < 1.29 is 9.18 Å². The molecule has 0 fully saturated rings. The van der Waals surface area contributed by atoms with E-state index in [9.17, 15) is 9.18 Å². The van der Waals surface area contributed by atoms with Crippen LogP contribution in [0.25, 0.3) is 0 Å². The zero-order valence-corrected chi connectivity index (χ0v) is 11.8. The molecule has 0 saturated heterocycles. The summed E-state index contributed by atoms with van der Waals surface area (Å²) in [5.74, 6) is -0.147. The molecular weight excluding hydrogens is 261 g/mol. The Bertz CT molecular complexity index is 579. The number of nitrogens with zero attached hydrogens (tertiary/aromatic N) is 1. The minimum Gasteiger partial charge on any atom is -0.294 e. The number of ketones is 1. The first kappa shape index (κ1) is 13.9. The van der Waals surface area contributed by atoms with Crippen molar-refractivity contribution in [2.24, 2.45) is 0 Å². The lowest BCUT2D eigenvalue weighted by Gasteiger charge is -2.15. The highest BCUT2D eigenvalue weighted by Crippen LogP contribution is 2.16. The number of benzene rings is 1. The molecule has 0 bridgehead atoms. The van der Waals surface area contributed by atoms with E-state index in [-0.39, 0.29) is 11.6 Å². The van der Waals surface area contributed by atoms with Crippen molar-refractivity contribution in [3.63, 3.8) is 0 Å². The molecular formula is C15H16FNOS. The van der Waals surface area contributed by atoms with Crippen LogP contribution in [-0.2, 0) is 6.54 Å². The molecule has 0 amide bonds. The Kier molecular flexibility index (Phi) is 4.45. The van der Waals surface area contributed by atoms with E-state index in [1.165, 1.54) is 17.4 Å². The Morgan fingerprint density at radius 3 is 2.63 bits per heavy atom. The zero-order chi connectivity index (χ0) is 13.8. The van der Waals surface area contributed by atoms with Crippen molar-refractivity contribution in [2.45, 2.75) is 13.5 Å². The lowest BCUT2D eigenvalue weighted by atomic mass is 10.2. The summed E-state index contributed by atoms with van der Waals surface area (Å²) in [4.78, 5) is 15.7. The van der Waals surface area contributed by atoms with E-state index in [0.29, 0.717) is 18.7 Å². The smallest absolute Gasteiger partial charge is 0.186 e. The minimum absolute atomic E-state index is 0.0805. The number of likely N-dealkylation sites (N-methyl/N-ethyl adjacent to an activating group) is 1. The van der Waals surface area contributed by atoms with Gasteiger partial charge in [-0.1, -0.05) is 18.2 Å². The second kappa shape index (κ2) is 6.08.